The standard InChI is InChI=1S/C16H24O2/c1-13-7-3-4-10-15(13)16(2,17)11-5-8-14-9-6-12-18-14/h3-4,7,10,14,17H,5-6,8-9,11-12H2,1-2H3. The zero-order valence-electron chi connectivity index (χ0n) is 11.5. The van der Waals surface area contributed by atoms with Crippen LogP contribution in [0.15, 0.2) is 24.3 Å². The van der Waals surface area contributed by atoms with E-state index in [-0.39, 0.29) is 0 Å². The minimum Gasteiger partial charge on any atom is -0.385 e. The quantitative estimate of drug-likeness (QED) is 0.863. The van der Waals surface area contributed by atoms with E-state index in [0.717, 1.165) is 31.4 Å². The number of hydrogen-bond donors (Lipinski definition) is 1. The zero-order valence-corrected chi connectivity index (χ0v) is 11.5. The Morgan fingerprint density at radius 3 is 2.83 bits per heavy atom. The molecule has 0 spiro atoms. The van der Waals surface area contributed by atoms with E-state index in [1.54, 1.807) is 0 Å². The van der Waals surface area contributed by atoms with Crippen molar-refractivity contribution in [1.29, 1.82) is 0 Å². The van der Waals surface area contributed by atoms with Crippen LogP contribution < -0.4 is 0 Å². The Kier molecular flexibility index (Phi) is 4.41. The molecule has 0 radical (unpaired) electrons. The summed E-state index contributed by atoms with van der Waals surface area (Å²) in [6.07, 6.45) is 5.70. The van der Waals surface area contributed by atoms with Crippen LogP contribution in [0.4, 0.5) is 0 Å². The van der Waals surface area contributed by atoms with Crippen LogP contribution in [0, 0.1) is 6.92 Å². The van der Waals surface area contributed by atoms with Gasteiger partial charge in [0.2, 0.25) is 0 Å². The number of rotatable bonds is 5. The van der Waals surface area contributed by atoms with Gasteiger partial charge in [-0.2, -0.15) is 0 Å². The van der Waals surface area contributed by atoms with Crippen molar-refractivity contribution in [2.75, 3.05) is 6.61 Å². The van der Waals surface area contributed by atoms with Gasteiger partial charge in [-0.15, -0.1) is 0 Å². The highest BCUT2D eigenvalue weighted by atomic mass is 16.5. The molecule has 2 rings (SSSR count). The molecule has 18 heavy (non-hydrogen) atoms. The highest BCUT2D eigenvalue weighted by Gasteiger charge is 2.25. The minimum atomic E-state index is -0.718. The number of aliphatic hydroxyl groups is 1. The van der Waals surface area contributed by atoms with Gasteiger partial charge in [0.25, 0.3) is 0 Å². The van der Waals surface area contributed by atoms with Gasteiger partial charge in [0, 0.05) is 6.61 Å². The van der Waals surface area contributed by atoms with Crippen molar-refractivity contribution in [3.8, 4) is 0 Å². The summed E-state index contributed by atoms with van der Waals surface area (Å²) in [5.74, 6) is 0. The van der Waals surface area contributed by atoms with E-state index < -0.39 is 5.60 Å². The second-order valence-corrected chi connectivity index (χ2v) is 5.62. The zero-order chi connectivity index (χ0) is 13.0. The van der Waals surface area contributed by atoms with Crippen molar-refractivity contribution in [2.45, 2.75) is 57.7 Å². The van der Waals surface area contributed by atoms with E-state index in [4.69, 9.17) is 4.74 Å². The molecule has 0 saturated carbocycles. The van der Waals surface area contributed by atoms with Crippen LogP contribution in [0.3, 0.4) is 0 Å². The highest BCUT2D eigenvalue weighted by Crippen LogP contribution is 2.30. The molecule has 0 aliphatic carbocycles. The van der Waals surface area contributed by atoms with Crippen molar-refractivity contribution >= 4 is 0 Å². The molecule has 100 valence electrons. The summed E-state index contributed by atoms with van der Waals surface area (Å²) in [4.78, 5) is 0. The second kappa shape index (κ2) is 5.85. The molecule has 1 fully saturated rings. The van der Waals surface area contributed by atoms with Crippen molar-refractivity contribution < 1.29 is 9.84 Å². The van der Waals surface area contributed by atoms with E-state index in [1.165, 1.54) is 18.4 Å². The minimum absolute atomic E-state index is 0.428. The summed E-state index contributed by atoms with van der Waals surface area (Å²) < 4.78 is 5.62. The third-order valence-electron chi connectivity index (χ3n) is 3.94. The number of aryl methyl sites for hydroxylation is 1. The maximum absolute atomic E-state index is 10.6. The molecule has 1 aliphatic rings. The molecule has 2 heteroatoms. The lowest BCUT2D eigenvalue weighted by atomic mass is 9.87. The molecule has 1 aromatic carbocycles. The van der Waals surface area contributed by atoms with E-state index in [0.29, 0.717) is 6.10 Å². The van der Waals surface area contributed by atoms with Gasteiger partial charge >= 0.3 is 0 Å². The summed E-state index contributed by atoms with van der Waals surface area (Å²) in [5, 5.41) is 10.6. The molecule has 1 aromatic rings. The third kappa shape index (κ3) is 3.33. The first-order valence-electron chi connectivity index (χ1n) is 7.00. The first-order chi connectivity index (χ1) is 8.59. The van der Waals surface area contributed by atoms with Crippen LogP contribution in [-0.4, -0.2) is 17.8 Å². The first-order valence-corrected chi connectivity index (χ1v) is 7.00. The average Bonchev–Trinajstić information content (AvgIpc) is 2.82. The Labute approximate surface area is 110 Å². The van der Waals surface area contributed by atoms with Gasteiger partial charge in [-0.1, -0.05) is 24.3 Å². The number of ether oxygens (including phenoxy) is 1. The molecular formula is C16H24O2. The third-order valence-corrected chi connectivity index (χ3v) is 3.94. The Balaban J connectivity index is 1.88. The second-order valence-electron chi connectivity index (χ2n) is 5.62. The normalized spacial score (nSPS) is 22.9. The van der Waals surface area contributed by atoms with Gasteiger partial charge < -0.3 is 9.84 Å². The van der Waals surface area contributed by atoms with Gasteiger partial charge in [0.1, 0.15) is 0 Å². The highest BCUT2D eigenvalue weighted by molar-refractivity contribution is 5.30. The first kappa shape index (κ1) is 13.6. The van der Waals surface area contributed by atoms with Crippen LogP contribution in [0.5, 0.6) is 0 Å². The van der Waals surface area contributed by atoms with E-state index in [9.17, 15) is 5.11 Å². The molecule has 1 heterocycles. The number of hydrogen-bond acceptors (Lipinski definition) is 2. The number of benzene rings is 1. The van der Waals surface area contributed by atoms with Gasteiger partial charge in [-0.05, 0) is 57.1 Å². The SMILES string of the molecule is Cc1ccccc1C(C)(O)CCCC1CCCO1. The summed E-state index contributed by atoms with van der Waals surface area (Å²) in [6, 6.07) is 8.10. The van der Waals surface area contributed by atoms with Gasteiger partial charge in [-0.25, -0.2) is 0 Å². The molecule has 2 unspecified atom stereocenters. The molecule has 1 aliphatic heterocycles. The predicted molar refractivity (Wildman–Crippen MR) is 73.6 cm³/mol. The van der Waals surface area contributed by atoms with Crippen molar-refractivity contribution in [2.24, 2.45) is 0 Å². The van der Waals surface area contributed by atoms with E-state index in [2.05, 4.69) is 13.0 Å². The predicted octanol–water partition coefficient (Wildman–Crippen LogP) is 3.55. The lowest BCUT2D eigenvalue weighted by Crippen LogP contribution is -2.22. The Morgan fingerprint density at radius 2 is 2.17 bits per heavy atom. The topological polar surface area (TPSA) is 29.5 Å². The maximum Gasteiger partial charge on any atom is 0.0871 e. The lowest BCUT2D eigenvalue weighted by Gasteiger charge is -2.26. The molecule has 1 N–H and O–H groups in total. The lowest BCUT2D eigenvalue weighted by molar-refractivity contribution is 0.0366. The summed E-state index contributed by atoms with van der Waals surface area (Å²) in [5.41, 5.74) is 1.50. The van der Waals surface area contributed by atoms with Crippen LogP contribution in [0.1, 0.15) is 50.2 Å². The van der Waals surface area contributed by atoms with Crippen LogP contribution in [0.2, 0.25) is 0 Å². The average molecular weight is 248 g/mol. The van der Waals surface area contributed by atoms with E-state index >= 15 is 0 Å². The smallest absolute Gasteiger partial charge is 0.0871 e. The Bertz CT molecular complexity index is 378. The summed E-state index contributed by atoms with van der Waals surface area (Å²) in [6.45, 7) is 4.90. The Hall–Kier alpha value is -0.860. The van der Waals surface area contributed by atoms with Gasteiger partial charge in [0.05, 0.1) is 11.7 Å². The Morgan fingerprint density at radius 1 is 1.39 bits per heavy atom. The molecule has 0 amide bonds. The molecule has 2 nitrogen and oxygen atoms in total. The largest absolute Gasteiger partial charge is 0.385 e. The summed E-state index contributed by atoms with van der Waals surface area (Å²) >= 11 is 0. The van der Waals surface area contributed by atoms with Gasteiger partial charge in [-0.3, -0.25) is 0 Å². The molecule has 2 atom stereocenters. The summed E-state index contributed by atoms with van der Waals surface area (Å²) in [7, 11) is 0. The van der Waals surface area contributed by atoms with Gasteiger partial charge in [0.15, 0.2) is 0 Å². The fraction of sp³-hybridized carbons (Fsp3) is 0.625. The van der Waals surface area contributed by atoms with E-state index in [1.807, 2.05) is 25.1 Å². The molecule has 1 saturated heterocycles. The fourth-order valence-electron chi connectivity index (χ4n) is 2.86. The van der Waals surface area contributed by atoms with Crippen LogP contribution in [-0.2, 0) is 10.3 Å². The van der Waals surface area contributed by atoms with Crippen LogP contribution >= 0.6 is 0 Å². The van der Waals surface area contributed by atoms with Crippen molar-refractivity contribution in [3.05, 3.63) is 35.4 Å². The fourth-order valence-corrected chi connectivity index (χ4v) is 2.86. The molecular weight excluding hydrogens is 224 g/mol. The molecule has 0 aromatic heterocycles. The van der Waals surface area contributed by atoms with Crippen molar-refractivity contribution in [1.82, 2.24) is 0 Å². The maximum atomic E-state index is 10.6. The monoisotopic (exact) mass is 248 g/mol. The van der Waals surface area contributed by atoms with Crippen molar-refractivity contribution in [3.63, 3.8) is 0 Å². The molecule has 0 bridgehead atoms. The van der Waals surface area contributed by atoms with Crippen LogP contribution in [0.25, 0.3) is 0 Å².